The normalized spacial score (nSPS) is 20.4. The first-order valence-corrected chi connectivity index (χ1v) is 6.72. The first-order chi connectivity index (χ1) is 9.26. The van der Waals surface area contributed by atoms with Crippen LogP contribution in [0.15, 0.2) is 22.2 Å². The zero-order chi connectivity index (χ0) is 15.1. The average Bonchev–Trinajstić information content (AvgIpc) is 2.37. The molecular weight excluding hydrogens is 334 g/mol. The van der Waals surface area contributed by atoms with Crippen molar-refractivity contribution in [3.63, 3.8) is 0 Å². The van der Waals surface area contributed by atoms with Crippen molar-refractivity contribution in [2.45, 2.75) is 25.6 Å². The number of ether oxygens (including phenoxy) is 1. The number of rotatable bonds is 3. The molecule has 108 valence electrons. The van der Waals surface area contributed by atoms with Gasteiger partial charge in [-0.1, -0.05) is 15.9 Å². The molecule has 1 aliphatic heterocycles. The number of alkyl halides is 2. The van der Waals surface area contributed by atoms with Gasteiger partial charge in [0.2, 0.25) is 0 Å². The summed E-state index contributed by atoms with van der Waals surface area (Å²) in [6, 6.07) is 3.44. The van der Waals surface area contributed by atoms with Crippen molar-refractivity contribution >= 4 is 28.0 Å². The molecule has 0 saturated carbocycles. The van der Waals surface area contributed by atoms with Gasteiger partial charge in [0.05, 0.1) is 5.57 Å². The number of hydrogen-bond donors (Lipinski definition) is 1. The van der Waals surface area contributed by atoms with Crippen molar-refractivity contribution in [1.29, 1.82) is 0 Å². The van der Waals surface area contributed by atoms with Crippen LogP contribution in [0.3, 0.4) is 0 Å². The zero-order valence-electron chi connectivity index (χ0n) is 10.9. The standard InChI is InChI=1S/C14H13BrF2O3/c1-7-3-9(15)4-8-5-10(13(18)19)12(20-11(7)8)14(2,17)6-16/h3-5,12H,6H2,1-2H3,(H,18,19). The number of aryl methyl sites for hydroxylation is 1. The van der Waals surface area contributed by atoms with Crippen molar-refractivity contribution < 1.29 is 23.4 Å². The Hall–Kier alpha value is -1.43. The largest absolute Gasteiger partial charge is 0.481 e. The third-order valence-electron chi connectivity index (χ3n) is 3.15. The molecule has 0 saturated heterocycles. The molecule has 0 aliphatic carbocycles. The Morgan fingerprint density at radius 2 is 2.20 bits per heavy atom. The maximum atomic E-state index is 14.2. The van der Waals surface area contributed by atoms with E-state index >= 15 is 0 Å². The molecule has 2 unspecified atom stereocenters. The van der Waals surface area contributed by atoms with E-state index in [2.05, 4.69) is 15.9 Å². The van der Waals surface area contributed by atoms with E-state index in [1.165, 1.54) is 6.08 Å². The summed E-state index contributed by atoms with van der Waals surface area (Å²) in [6.45, 7) is 1.42. The molecule has 0 spiro atoms. The summed E-state index contributed by atoms with van der Waals surface area (Å²) >= 11 is 3.30. The van der Waals surface area contributed by atoms with Crippen LogP contribution in [0.1, 0.15) is 18.1 Å². The lowest BCUT2D eigenvalue weighted by molar-refractivity contribution is -0.134. The summed E-state index contributed by atoms with van der Waals surface area (Å²) in [5.41, 5.74) is -1.45. The van der Waals surface area contributed by atoms with E-state index in [-0.39, 0.29) is 5.57 Å². The summed E-state index contributed by atoms with van der Waals surface area (Å²) in [6.07, 6.45) is -0.144. The Balaban J connectivity index is 2.59. The highest BCUT2D eigenvalue weighted by atomic mass is 79.9. The summed E-state index contributed by atoms with van der Waals surface area (Å²) in [5, 5.41) is 9.18. The quantitative estimate of drug-likeness (QED) is 0.907. The monoisotopic (exact) mass is 346 g/mol. The molecule has 1 aromatic rings. The summed E-state index contributed by atoms with van der Waals surface area (Å²) < 4.78 is 33.3. The van der Waals surface area contributed by atoms with Crippen LogP contribution in [0.4, 0.5) is 8.78 Å². The fourth-order valence-corrected chi connectivity index (χ4v) is 2.73. The predicted octanol–water partition coefficient (Wildman–Crippen LogP) is 3.68. The predicted molar refractivity (Wildman–Crippen MR) is 74.4 cm³/mol. The van der Waals surface area contributed by atoms with Crippen LogP contribution in [0.2, 0.25) is 0 Å². The molecule has 6 heteroatoms. The number of halogens is 3. The second-order valence-corrected chi connectivity index (χ2v) is 5.87. The minimum Gasteiger partial charge on any atom is -0.481 e. The van der Waals surface area contributed by atoms with Gasteiger partial charge in [0.25, 0.3) is 0 Å². The molecule has 1 aliphatic rings. The molecule has 20 heavy (non-hydrogen) atoms. The topological polar surface area (TPSA) is 46.5 Å². The fraction of sp³-hybridized carbons (Fsp3) is 0.357. The van der Waals surface area contributed by atoms with Crippen LogP contribution in [-0.4, -0.2) is 29.5 Å². The van der Waals surface area contributed by atoms with Gasteiger partial charge in [-0.05, 0) is 37.6 Å². The minimum atomic E-state index is -2.40. The Labute approximate surface area is 123 Å². The molecule has 0 bridgehead atoms. The van der Waals surface area contributed by atoms with E-state index in [0.717, 1.165) is 17.0 Å². The number of aliphatic carboxylic acids is 1. The molecule has 1 aromatic carbocycles. The van der Waals surface area contributed by atoms with Crippen molar-refractivity contribution in [1.82, 2.24) is 0 Å². The highest BCUT2D eigenvalue weighted by Crippen LogP contribution is 2.39. The van der Waals surface area contributed by atoms with Gasteiger partial charge in [-0.15, -0.1) is 0 Å². The van der Waals surface area contributed by atoms with Crippen LogP contribution in [0, 0.1) is 6.92 Å². The van der Waals surface area contributed by atoms with Gasteiger partial charge < -0.3 is 9.84 Å². The molecule has 0 aromatic heterocycles. The highest BCUT2D eigenvalue weighted by Gasteiger charge is 2.44. The van der Waals surface area contributed by atoms with Gasteiger partial charge in [0.15, 0.2) is 11.8 Å². The number of fused-ring (bicyclic) bond motifs is 1. The molecule has 1 heterocycles. The molecule has 3 nitrogen and oxygen atoms in total. The lowest BCUT2D eigenvalue weighted by atomic mass is 9.91. The van der Waals surface area contributed by atoms with Crippen LogP contribution in [-0.2, 0) is 4.79 Å². The van der Waals surface area contributed by atoms with E-state index < -0.39 is 24.4 Å². The zero-order valence-corrected chi connectivity index (χ0v) is 12.5. The van der Waals surface area contributed by atoms with E-state index in [4.69, 9.17) is 4.74 Å². The second-order valence-electron chi connectivity index (χ2n) is 4.96. The third kappa shape index (κ3) is 2.57. The van der Waals surface area contributed by atoms with Crippen molar-refractivity contribution in [3.8, 4) is 5.75 Å². The van der Waals surface area contributed by atoms with E-state index in [1.54, 1.807) is 19.1 Å². The fourth-order valence-electron chi connectivity index (χ4n) is 2.14. The van der Waals surface area contributed by atoms with Gasteiger partial charge in [-0.3, -0.25) is 0 Å². The summed E-state index contributed by atoms with van der Waals surface area (Å²) in [5.74, 6) is -0.948. The maximum absolute atomic E-state index is 14.2. The average molecular weight is 347 g/mol. The minimum absolute atomic E-state index is 0.294. The van der Waals surface area contributed by atoms with Crippen molar-refractivity contribution in [3.05, 3.63) is 33.3 Å². The van der Waals surface area contributed by atoms with Crippen LogP contribution in [0.25, 0.3) is 6.08 Å². The Bertz CT molecular complexity index is 596. The summed E-state index contributed by atoms with van der Waals surface area (Å²) in [7, 11) is 0. The highest BCUT2D eigenvalue weighted by molar-refractivity contribution is 9.10. The number of carboxylic acids is 1. The molecule has 2 rings (SSSR count). The molecule has 0 radical (unpaired) electrons. The molecule has 1 N–H and O–H groups in total. The van der Waals surface area contributed by atoms with Gasteiger partial charge in [0, 0.05) is 10.0 Å². The first-order valence-electron chi connectivity index (χ1n) is 5.93. The molecule has 0 amide bonds. The third-order valence-corrected chi connectivity index (χ3v) is 3.61. The number of benzene rings is 1. The van der Waals surface area contributed by atoms with E-state index in [9.17, 15) is 18.7 Å². The maximum Gasteiger partial charge on any atom is 0.335 e. The van der Waals surface area contributed by atoms with E-state index in [1.807, 2.05) is 0 Å². The van der Waals surface area contributed by atoms with Crippen LogP contribution >= 0.6 is 15.9 Å². The SMILES string of the molecule is Cc1cc(Br)cc2c1OC(C(C)(F)CF)C(C(=O)O)=C2. The van der Waals surface area contributed by atoms with E-state index in [0.29, 0.717) is 11.3 Å². The lowest BCUT2D eigenvalue weighted by Gasteiger charge is -2.33. The molecular formula is C14H13BrF2O3. The Kier molecular flexibility index (Phi) is 3.86. The number of carbonyl (C=O) groups is 1. The van der Waals surface area contributed by atoms with Gasteiger partial charge >= 0.3 is 5.97 Å². The second kappa shape index (κ2) is 5.16. The first kappa shape index (κ1) is 15.0. The summed E-state index contributed by atoms with van der Waals surface area (Å²) in [4.78, 5) is 11.3. The van der Waals surface area contributed by atoms with Gasteiger partial charge in [0.1, 0.15) is 12.4 Å². The number of hydrogen-bond acceptors (Lipinski definition) is 2. The lowest BCUT2D eigenvalue weighted by Crippen LogP contribution is -2.45. The van der Waals surface area contributed by atoms with Crippen LogP contribution < -0.4 is 4.74 Å². The van der Waals surface area contributed by atoms with Crippen molar-refractivity contribution in [2.24, 2.45) is 0 Å². The van der Waals surface area contributed by atoms with Crippen molar-refractivity contribution in [2.75, 3.05) is 6.67 Å². The van der Waals surface area contributed by atoms with Crippen LogP contribution in [0.5, 0.6) is 5.75 Å². The Morgan fingerprint density at radius 1 is 1.55 bits per heavy atom. The Morgan fingerprint density at radius 3 is 2.75 bits per heavy atom. The smallest absolute Gasteiger partial charge is 0.335 e. The molecule has 2 atom stereocenters. The van der Waals surface area contributed by atoms with Gasteiger partial charge in [-0.2, -0.15) is 0 Å². The van der Waals surface area contributed by atoms with Gasteiger partial charge in [-0.25, -0.2) is 13.6 Å². The number of carboxylic acid groups (broad SMARTS) is 1. The molecule has 0 fully saturated rings.